The molecule has 33 heavy (non-hydrogen) atoms. The van der Waals surface area contributed by atoms with Gasteiger partial charge in [0.25, 0.3) is 0 Å². The SMILES string of the molecule is CCOC(=O)Cn1cc(CN2CCS(=O)(=O)N(Cc3ccc(F)cc3)C(C(=O)OC)C2)nn1. The minimum absolute atomic E-state index is 0.0673. The van der Waals surface area contributed by atoms with Gasteiger partial charge in [-0.25, -0.2) is 17.5 Å². The fourth-order valence-corrected chi connectivity index (χ4v) is 5.10. The summed E-state index contributed by atoms with van der Waals surface area (Å²) in [5.41, 5.74) is 1.05. The smallest absolute Gasteiger partial charge is 0.327 e. The van der Waals surface area contributed by atoms with Crippen molar-refractivity contribution < 1.29 is 31.9 Å². The van der Waals surface area contributed by atoms with Gasteiger partial charge in [0.1, 0.15) is 18.4 Å². The largest absolute Gasteiger partial charge is 0.468 e. The molecule has 0 spiro atoms. The Bertz CT molecular complexity index is 1070. The predicted octanol–water partition coefficient (Wildman–Crippen LogP) is 0.170. The van der Waals surface area contributed by atoms with E-state index in [9.17, 15) is 22.4 Å². The highest BCUT2D eigenvalue weighted by Gasteiger charge is 2.40. The Morgan fingerprint density at radius 3 is 2.61 bits per heavy atom. The molecule has 1 aromatic heterocycles. The van der Waals surface area contributed by atoms with Gasteiger partial charge in [0, 0.05) is 26.2 Å². The minimum atomic E-state index is -3.82. The molecule has 0 bridgehead atoms. The number of methoxy groups -OCH3 is 1. The third-order valence-electron chi connectivity index (χ3n) is 5.09. The number of esters is 2. The van der Waals surface area contributed by atoms with E-state index in [1.54, 1.807) is 18.0 Å². The Hall–Kier alpha value is -2.90. The van der Waals surface area contributed by atoms with Crippen LogP contribution in [0.4, 0.5) is 4.39 Å². The van der Waals surface area contributed by atoms with Gasteiger partial charge in [0.2, 0.25) is 10.0 Å². The molecular weight excluding hydrogens is 457 g/mol. The molecule has 3 rings (SSSR count). The molecule has 0 radical (unpaired) electrons. The third kappa shape index (κ3) is 6.55. The average molecular weight is 484 g/mol. The average Bonchev–Trinajstić information content (AvgIpc) is 3.16. The van der Waals surface area contributed by atoms with Gasteiger partial charge < -0.3 is 9.47 Å². The highest BCUT2D eigenvalue weighted by molar-refractivity contribution is 7.89. The lowest BCUT2D eigenvalue weighted by Crippen LogP contribution is -2.48. The topological polar surface area (TPSA) is 124 Å². The summed E-state index contributed by atoms with van der Waals surface area (Å²) in [6.45, 7) is 2.22. The molecular formula is C20H26FN5O6S. The standard InChI is InChI=1S/C20H26FN5O6S/c1-3-32-19(27)14-25-12-17(22-23-25)11-24-8-9-33(29,30)26(18(13-24)20(28)31-2)10-15-4-6-16(21)7-5-15/h4-7,12,18H,3,8-11,13-14H2,1-2H3. The van der Waals surface area contributed by atoms with E-state index in [0.29, 0.717) is 11.3 Å². The van der Waals surface area contributed by atoms with E-state index >= 15 is 0 Å². The van der Waals surface area contributed by atoms with E-state index in [-0.39, 0.29) is 45.1 Å². The van der Waals surface area contributed by atoms with E-state index in [4.69, 9.17) is 9.47 Å². The molecule has 1 aliphatic heterocycles. The molecule has 1 aliphatic rings. The van der Waals surface area contributed by atoms with Crippen LogP contribution in [0.1, 0.15) is 18.2 Å². The second-order valence-electron chi connectivity index (χ2n) is 7.47. The highest BCUT2D eigenvalue weighted by Crippen LogP contribution is 2.21. The van der Waals surface area contributed by atoms with Crippen LogP contribution in [-0.2, 0) is 48.7 Å². The summed E-state index contributed by atoms with van der Waals surface area (Å²) in [7, 11) is -2.62. The zero-order valence-corrected chi connectivity index (χ0v) is 19.2. The van der Waals surface area contributed by atoms with Crippen molar-refractivity contribution in [2.24, 2.45) is 0 Å². The number of carbonyl (C=O) groups excluding carboxylic acids is 2. The Balaban J connectivity index is 1.77. The van der Waals surface area contributed by atoms with Crippen LogP contribution < -0.4 is 0 Å². The number of rotatable bonds is 8. The lowest BCUT2D eigenvalue weighted by atomic mass is 10.2. The van der Waals surface area contributed by atoms with Crippen LogP contribution in [0.2, 0.25) is 0 Å². The molecule has 13 heteroatoms. The Labute approximate surface area is 191 Å². The van der Waals surface area contributed by atoms with Crippen molar-refractivity contribution in [2.75, 3.05) is 32.6 Å². The van der Waals surface area contributed by atoms with Crippen molar-refractivity contribution in [3.8, 4) is 0 Å². The van der Waals surface area contributed by atoms with Crippen molar-refractivity contribution in [2.45, 2.75) is 32.6 Å². The summed E-state index contributed by atoms with van der Waals surface area (Å²) in [4.78, 5) is 25.9. The molecule has 2 heterocycles. The van der Waals surface area contributed by atoms with E-state index in [1.165, 1.54) is 36.1 Å². The van der Waals surface area contributed by atoms with Crippen LogP contribution in [-0.4, -0.2) is 83.2 Å². The van der Waals surface area contributed by atoms with Gasteiger partial charge >= 0.3 is 11.9 Å². The van der Waals surface area contributed by atoms with Crippen LogP contribution in [0, 0.1) is 5.82 Å². The lowest BCUT2D eigenvalue weighted by Gasteiger charge is -2.28. The van der Waals surface area contributed by atoms with Crippen LogP contribution in [0.3, 0.4) is 0 Å². The van der Waals surface area contributed by atoms with Gasteiger partial charge in [0.05, 0.1) is 31.4 Å². The van der Waals surface area contributed by atoms with Crippen LogP contribution in [0.25, 0.3) is 0 Å². The van der Waals surface area contributed by atoms with E-state index in [2.05, 4.69) is 10.3 Å². The highest BCUT2D eigenvalue weighted by atomic mass is 32.2. The van der Waals surface area contributed by atoms with Crippen LogP contribution >= 0.6 is 0 Å². The van der Waals surface area contributed by atoms with Crippen molar-refractivity contribution in [1.82, 2.24) is 24.2 Å². The number of carbonyl (C=O) groups is 2. The van der Waals surface area contributed by atoms with E-state index in [0.717, 1.165) is 4.31 Å². The predicted molar refractivity (Wildman–Crippen MR) is 113 cm³/mol. The lowest BCUT2D eigenvalue weighted by molar-refractivity contribution is -0.146. The van der Waals surface area contributed by atoms with E-state index in [1.807, 2.05) is 0 Å². The molecule has 0 saturated carbocycles. The van der Waals surface area contributed by atoms with Crippen molar-refractivity contribution in [3.63, 3.8) is 0 Å². The summed E-state index contributed by atoms with van der Waals surface area (Å²) in [6.07, 6.45) is 1.57. The molecule has 11 nitrogen and oxygen atoms in total. The first-order valence-corrected chi connectivity index (χ1v) is 11.9. The van der Waals surface area contributed by atoms with Crippen LogP contribution in [0.5, 0.6) is 0 Å². The summed E-state index contributed by atoms with van der Waals surface area (Å²) in [5, 5.41) is 7.92. The molecule has 0 N–H and O–H groups in total. The molecule has 1 atom stereocenters. The fourth-order valence-electron chi connectivity index (χ4n) is 3.49. The maximum atomic E-state index is 13.3. The van der Waals surface area contributed by atoms with Crippen molar-refractivity contribution in [1.29, 1.82) is 0 Å². The fraction of sp³-hybridized carbons (Fsp3) is 0.500. The minimum Gasteiger partial charge on any atom is -0.468 e. The number of aromatic nitrogens is 3. The maximum Gasteiger partial charge on any atom is 0.327 e. The molecule has 0 aliphatic carbocycles. The number of nitrogens with zero attached hydrogens (tertiary/aromatic N) is 5. The molecule has 1 unspecified atom stereocenters. The molecule has 2 aromatic rings. The Morgan fingerprint density at radius 2 is 1.94 bits per heavy atom. The molecule has 1 fully saturated rings. The number of hydrogen-bond acceptors (Lipinski definition) is 9. The van der Waals surface area contributed by atoms with Crippen molar-refractivity contribution >= 4 is 22.0 Å². The number of benzene rings is 1. The monoisotopic (exact) mass is 483 g/mol. The number of hydrogen-bond donors (Lipinski definition) is 0. The molecule has 1 saturated heterocycles. The quantitative estimate of drug-likeness (QED) is 0.483. The Kier molecular flexibility index (Phi) is 8.10. The second-order valence-corrected chi connectivity index (χ2v) is 9.52. The molecule has 180 valence electrons. The van der Waals surface area contributed by atoms with Crippen LogP contribution in [0.15, 0.2) is 30.5 Å². The first-order valence-electron chi connectivity index (χ1n) is 10.3. The number of sulfonamides is 1. The van der Waals surface area contributed by atoms with Gasteiger partial charge in [-0.1, -0.05) is 17.3 Å². The maximum absolute atomic E-state index is 13.3. The number of ether oxygens (including phenoxy) is 2. The molecule has 1 aromatic carbocycles. The van der Waals surface area contributed by atoms with E-state index < -0.39 is 33.8 Å². The first kappa shape index (κ1) is 24.7. The second kappa shape index (κ2) is 10.8. The molecule has 0 amide bonds. The van der Waals surface area contributed by atoms with Gasteiger partial charge in [-0.15, -0.1) is 5.10 Å². The summed E-state index contributed by atoms with van der Waals surface area (Å²) in [5.74, 6) is -1.81. The number of halogens is 1. The normalized spacial score (nSPS) is 19.1. The third-order valence-corrected chi connectivity index (χ3v) is 6.89. The summed E-state index contributed by atoms with van der Waals surface area (Å²) in [6, 6.07) is 4.33. The van der Waals surface area contributed by atoms with Gasteiger partial charge in [-0.05, 0) is 24.6 Å². The summed E-state index contributed by atoms with van der Waals surface area (Å²) < 4.78 is 51.5. The zero-order chi connectivity index (χ0) is 24.0. The van der Waals surface area contributed by atoms with Gasteiger partial charge in [-0.2, -0.15) is 4.31 Å². The van der Waals surface area contributed by atoms with Crippen molar-refractivity contribution in [3.05, 3.63) is 47.5 Å². The zero-order valence-electron chi connectivity index (χ0n) is 18.4. The van der Waals surface area contributed by atoms with Gasteiger partial charge in [0.15, 0.2) is 0 Å². The summed E-state index contributed by atoms with van der Waals surface area (Å²) >= 11 is 0. The van der Waals surface area contributed by atoms with Gasteiger partial charge in [-0.3, -0.25) is 14.5 Å². The Morgan fingerprint density at radius 1 is 1.21 bits per heavy atom. The first-order chi connectivity index (χ1) is 15.7.